The van der Waals surface area contributed by atoms with Crippen LogP contribution in [0.4, 0.5) is 5.69 Å². The van der Waals surface area contributed by atoms with E-state index in [1.807, 2.05) is 0 Å². The van der Waals surface area contributed by atoms with E-state index in [0.717, 1.165) is 0 Å². The van der Waals surface area contributed by atoms with E-state index in [0.29, 0.717) is 17.0 Å². The van der Waals surface area contributed by atoms with Crippen molar-refractivity contribution in [1.29, 1.82) is 0 Å². The molecule has 1 amide bonds. The fraction of sp³-hybridized carbons (Fsp3) is 0.353. The second-order valence-corrected chi connectivity index (χ2v) is 5.19. The van der Waals surface area contributed by atoms with Gasteiger partial charge in [-0.05, 0) is 23.8 Å². The average Bonchev–Trinajstić information content (AvgIpc) is 2.91. The summed E-state index contributed by atoms with van der Waals surface area (Å²) in [7, 11) is 4.04. The Hall–Kier alpha value is -2.83. The molecule has 1 aromatic carbocycles. The third kappa shape index (κ3) is 3.10. The molecule has 0 aromatic heterocycles. The van der Waals surface area contributed by atoms with Gasteiger partial charge in [0.15, 0.2) is 0 Å². The van der Waals surface area contributed by atoms with Crippen molar-refractivity contribution in [2.75, 3.05) is 26.2 Å². The van der Waals surface area contributed by atoms with E-state index >= 15 is 0 Å². The van der Waals surface area contributed by atoms with E-state index < -0.39 is 23.9 Å². The Morgan fingerprint density at radius 3 is 2.38 bits per heavy atom. The molecule has 0 bridgehead atoms. The molecular weight excluding hydrogens is 314 g/mol. The zero-order chi connectivity index (χ0) is 17.9. The molecule has 2 rings (SSSR count). The maximum atomic E-state index is 12.3. The maximum Gasteiger partial charge on any atom is 0.330 e. The number of anilines is 1. The fourth-order valence-corrected chi connectivity index (χ4v) is 2.84. The Labute approximate surface area is 139 Å². The molecule has 0 saturated carbocycles. The van der Waals surface area contributed by atoms with Crippen molar-refractivity contribution in [3.63, 3.8) is 0 Å². The van der Waals surface area contributed by atoms with Crippen LogP contribution < -0.4 is 9.64 Å². The largest absolute Gasteiger partial charge is 0.497 e. The van der Waals surface area contributed by atoms with Gasteiger partial charge < -0.3 is 19.1 Å². The number of hydrogen-bond donors (Lipinski definition) is 0. The highest BCUT2D eigenvalue weighted by Crippen LogP contribution is 2.44. The summed E-state index contributed by atoms with van der Waals surface area (Å²) in [6.45, 7) is 1.40. The number of methoxy groups -OCH3 is 3. The van der Waals surface area contributed by atoms with E-state index in [2.05, 4.69) is 4.74 Å². The quantitative estimate of drug-likeness (QED) is 0.612. The first-order valence-electron chi connectivity index (χ1n) is 7.26. The summed E-state index contributed by atoms with van der Waals surface area (Å²) >= 11 is 0. The lowest BCUT2D eigenvalue weighted by molar-refractivity contribution is -0.142. The molecule has 24 heavy (non-hydrogen) atoms. The number of ether oxygens (including phenoxy) is 3. The van der Waals surface area contributed by atoms with Gasteiger partial charge in [0.05, 0.1) is 27.4 Å². The smallest absolute Gasteiger partial charge is 0.330 e. The number of fused-ring (bicyclic) bond motifs is 1. The van der Waals surface area contributed by atoms with Crippen molar-refractivity contribution in [3.8, 4) is 5.75 Å². The van der Waals surface area contributed by atoms with Gasteiger partial charge in [-0.3, -0.25) is 9.59 Å². The number of esters is 2. The van der Waals surface area contributed by atoms with E-state index in [-0.39, 0.29) is 5.91 Å². The van der Waals surface area contributed by atoms with Gasteiger partial charge in [0.2, 0.25) is 5.91 Å². The van der Waals surface area contributed by atoms with Crippen LogP contribution in [0.25, 0.3) is 0 Å². The van der Waals surface area contributed by atoms with Gasteiger partial charge in [-0.1, -0.05) is 6.08 Å². The summed E-state index contributed by atoms with van der Waals surface area (Å²) in [4.78, 5) is 37.3. The monoisotopic (exact) mass is 333 g/mol. The van der Waals surface area contributed by atoms with Gasteiger partial charge in [0, 0.05) is 18.7 Å². The number of carbonyl (C=O) groups is 3. The molecule has 2 unspecified atom stereocenters. The lowest BCUT2D eigenvalue weighted by atomic mass is 9.94. The van der Waals surface area contributed by atoms with Crippen LogP contribution >= 0.6 is 0 Å². The number of benzene rings is 1. The molecule has 7 heteroatoms. The summed E-state index contributed by atoms with van der Waals surface area (Å²) < 4.78 is 14.7. The van der Waals surface area contributed by atoms with E-state index in [1.54, 1.807) is 18.2 Å². The van der Waals surface area contributed by atoms with Crippen LogP contribution in [0.15, 0.2) is 30.4 Å². The van der Waals surface area contributed by atoms with Gasteiger partial charge in [0.25, 0.3) is 0 Å². The molecule has 0 radical (unpaired) electrons. The third-order valence-electron chi connectivity index (χ3n) is 3.89. The van der Waals surface area contributed by atoms with Gasteiger partial charge in [0.1, 0.15) is 11.7 Å². The van der Waals surface area contributed by atoms with Crippen molar-refractivity contribution < 1.29 is 28.6 Å². The summed E-state index contributed by atoms with van der Waals surface area (Å²) in [5, 5.41) is 0. The fourth-order valence-electron chi connectivity index (χ4n) is 2.84. The first-order valence-corrected chi connectivity index (χ1v) is 7.26. The highest BCUT2D eigenvalue weighted by atomic mass is 16.5. The molecule has 128 valence electrons. The zero-order valence-corrected chi connectivity index (χ0v) is 13.9. The molecule has 1 aliphatic rings. The van der Waals surface area contributed by atoms with Crippen LogP contribution in [0.2, 0.25) is 0 Å². The SMILES string of the molecule is COC(=O)C=CC1C(C(=O)OC)c2cc(OC)ccc2N1C(C)=O. The highest BCUT2D eigenvalue weighted by Gasteiger charge is 2.44. The van der Waals surface area contributed by atoms with Crippen LogP contribution in [-0.4, -0.2) is 45.2 Å². The number of rotatable bonds is 4. The molecule has 1 heterocycles. The molecule has 2 atom stereocenters. The normalized spacial score (nSPS) is 19.1. The Morgan fingerprint density at radius 1 is 1.12 bits per heavy atom. The van der Waals surface area contributed by atoms with E-state index in [9.17, 15) is 14.4 Å². The Kier molecular flexibility index (Phi) is 5.23. The van der Waals surface area contributed by atoms with Crippen LogP contribution in [0.1, 0.15) is 18.4 Å². The van der Waals surface area contributed by atoms with Gasteiger partial charge in [-0.2, -0.15) is 0 Å². The van der Waals surface area contributed by atoms with Gasteiger partial charge in [-0.15, -0.1) is 0 Å². The Balaban J connectivity index is 2.57. The summed E-state index contributed by atoms with van der Waals surface area (Å²) in [5.74, 6) is -1.54. The second-order valence-electron chi connectivity index (χ2n) is 5.19. The molecule has 0 aliphatic carbocycles. The van der Waals surface area contributed by atoms with E-state index in [1.165, 1.54) is 45.3 Å². The molecule has 0 fully saturated rings. The minimum Gasteiger partial charge on any atom is -0.497 e. The van der Waals surface area contributed by atoms with Crippen LogP contribution in [0.3, 0.4) is 0 Å². The number of nitrogens with zero attached hydrogens (tertiary/aromatic N) is 1. The van der Waals surface area contributed by atoms with E-state index in [4.69, 9.17) is 9.47 Å². The minimum absolute atomic E-state index is 0.257. The molecule has 0 spiro atoms. The molecule has 0 saturated heterocycles. The molecule has 7 nitrogen and oxygen atoms in total. The molecule has 1 aliphatic heterocycles. The zero-order valence-electron chi connectivity index (χ0n) is 13.9. The number of hydrogen-bond acceptors (Lipinski definition) is 6. The lowest BCUT2D eigenvalue weighted by Crippen LogP contribution is -2.38. The molecule has 0 N–H and O–H groups in total. The number of carbonyl (C=O) groups excluding carboxylic acids is 3. The summed E-state index contributed by atoms with van der Waals surface area (Å²) in [6.07, 6.45) is 2.67. The second kappa shape index (κ2) is 7.16. The standard InChI is InChI=1S/C17H19NO6/c1-10(19)18-13-6-5-11(22-2)9-12(13)16(17(21)24-4)14(18)7-8-15(20)23-3/h5-9,14,16H,1-4H3. The van der Waals surface area contributed by atoms with Gasteiger partial charge in [-0.25, -0.2) is 4.79 Å². The van der Waals surface area contributed by atoms with Crippen LogP contribution in [-0.2, 0) is 23.9 Å². The van der Waals surface area contributed by atoms with Crippen LogP contribution in [0, 0.1) is 0 Å². The molecular formula is C17H19NO6. The average molecular weight is 333 g/mol. The predicted octanol–water partition coefficient (Wildman–Crippen LogP) is 1.42. The van der Waals surface area contributed by atoms with Crippen molar-refractivity contribution in [2.24, 2.45) is 0 Å². The number of amides is 1. The highest BCUT2D eigenvalue weighted by molar-refractivity contribution is 6.00. The summed E-state index contributed by atoms with van der Waals surface area (Å²) in [5.41, 5.74) is 1.19. The van der Waals surface area contributed by atoms with Crippen molar-refractivity contribution in [1.82, 2.24) is 0 Å². The lowest BCUT2D eigenvalue weighted by Gasteiger charge is -2.24. The van der Waals surface area contributed by atoms with Crippen molar-refractivity contribution >= 4 is 23.5 Å². The van der Waals surface area contributed by atoms with Gasteiger partial charge >= 0.3 is 11.9 Å². The minimum atomic E-state index is -0.759. The topological polar surface area (TPSA) is 82.1 Å². The van der Waals surface area contributed by atoms with Crippen molar-refractivity contribution in [2.45, 2.75) is 18.9 Å². The third-order valence-corrected chi connectivity index (χ3v) is 3.89. The Morgan fingerprint density at radius 2 is 1.83 bits per heavy atom. The predicted molar refractivity (Wildman–Crippen MR) is 85.9 cm³/mol. The maximum absolute atomic E-state index is 12.3. The van der Waals surface area contributed by atoms with Crippen molar-refractivity contribution in [3.05, 3.63) is 35.9 Å². The Bertz CT molecular complexity index is 696. The first kappa shape index (κ1) is 17.5. The summed E-state index contributed by atoms with van der Waals surface area (Å²) in [6, 6.07) is 4.42. The molecule has 1 aromatic rings. The van der Waals surface area contributed by atoms with Crippen LogP contribution in [0.5, 0.6) is 5.75 Å². The first-order chi connectivity index (χ1) is 11.4.